The summed E-state index contributed by atoms with van der Waals surface area (Å²) in [6.45, 7) is 5.46. The number of halogens is 4. The molecule has 1 N–H and O–H groups in total. The summed E-state index contributed by atoms with van der Waals surface area (Å²) in [6.07, 6.45) is -2.21. The van der Waals surface area contributed by atoms with Crippen molar-refractivity contribution in [3.63, 3.8) is 0 Å². The van der Waals surface area contributed by atoms with Crippen LogP contribution in [0.2, 0.25) is 0 Å². The number of piperazine rings is 1. The van der Waals surface area contributed by atoms with Crippen LogP contribution in [-0.4, -0.2) is 70.6 Å². The second-order valence-electron chi connectivity index (χ2n) is 6.77. The lowest BCUT2D eigenvalue weighted by atomic mass is 10.2. The Hall–Kier alpha value is -1.56. The van der Waals surface area contributed by atoms with E-state index in [0.29, 0.717) is 38.7 Å². The Balaban J connectivity index is 0.00000280. The SMILES string of the molecule is CN=C(NCc1cn2c(C)cccc2n1)N1CCN(C(C)C(F)(F)F)CC1.I. The summed E-state index contributed by atoms with van der Waals surface area (Å²) < 4.78 is 40.7. The Morgan fingerprint density at radius 2 is 1.93 bits per heavy atom. The van der Waals surface area contributed by atoms with Crippen LogP contribution in [0.15, 0.2) is 29.4 Å². The van der Waals surface area contributed by atoms with Crippen molar-refractivity contribution in [3.8, 4) is 0 Å². The van der Waals surface area contributed by atoms with Crippen molar-refractivity contribution >= 4 is 35.6 Å². The van der Waals surface area contributed by atoms with E-state index in [1.165, 1.54) is 11.8 Å². The highest BCUT2D eigenvalue weighted by atomic mass is 127. The van der Waals surface area contributed by atoms with Crippen molar-refractivity contribution in [1.29, 1.82) is 0 Å². The highest BCUT2D eigenvalue weighted by Crippen LogP contribution is 2.25. The summed E-state index contributed by atoms with van der Waals surface area (Å²) in [5.74, 6) is 0.683. The molecule has 0 radical (unpaired) electrons. The third-order valence-electron chi connectivity index (χ3n) is 5.02. The van der Waals surface area contributed by atoms with Gasteiger partial charge in [-0.25, -0.2) is 4.98 Å². The maximum Gasteiger partial charge on any atom is 0.403 e. The number of aromatic nitrogens is 2. The molecular formula is C18H26F3IN6. The Morgan fingerprint density at radius 1 is 1.25 bits per heavy atom. The van der Waals surface area contributed by atoms with Gasteiger partial charge >= 0.3 is 6.18 Å². The Kier molecular flexibility index (Phi) is 7.54. The fourth-order valence-corrected chi connectivity index (χ4v) is 3.31. The van der Waals surface area contributed by atoms with E-state index in [2.05, 4.69) is 15.3 Å². The smallest absolute Gasteiger partial charge is 0.351 e. The lowest BCUT2D eigenvalue weighted by Gasteiger charge is -2.39. The standard InChI is InChI=1S/C18H25F3N6.HI/c1-13-5-4-6-16-24-15(12-27(13)16)11-23-17(22-3)26-9-7-25(8-10-26)14(2)18(19,20)21;/h4-6,12,14H,7-11H2,1-3H3,(H,22,23);1H. The molecule has 0 aliphatic carbocycles. The minimum Gasteiger partial charge on any atom is -0.351 e. The maximum absolute atomic E-state index is 12.9. The van der Waals surface area contributed by atoms with Gasteiger partial charge in [0, 0.05) is 45.1 Å². The molecule has 0 saturated carbocycles. The van der Waals surface area contributed by atoms with E-state index in [0.717, 1.165) is 17.0 Å². The number of hydrogen-bond donors (Lipinski definition) is 1. The first-order chi connectivity index (χ1) is 12.8. The zero-order valence-electron chi connectivity index (χ0n) is 16.2. The molecule has 1 unspecified atom stereocenters. The van der Waals surface area contributed by atoms with Gasteiger partial charge in [-0.05, 0) is 26.0 Å². The molecule has 0 aromatic carbocycles. The van der Waals surface area contributed by atoms with Gasteiger partial charge in [-0.1, -0.05) is 6.07 Å². The van der Waals surface area contributed by atoms with Crippen molar-refractivity contribution in [2.45, 2.75) is 32.6 Å². The largest absolute Gasteiger partial charge is 0.403 e. The molecule has 1 aliphatic heterocycles. The molecular weight excluding hydrogens is 484 g/mol. The number of nitrogens with zero attached hydrogens (tertiary/aromatic N) is 5. The number of guanidine groups is 1. The predicted octanol–water partition coefficient (Wildman–Crippen LogP) is 2.90. The van der Waals surface area contributed by atoms with Crippen molar-refractivity contribution in [1.82, 2.24) is 24.5 Å². The average Bonchev–Trinajstić information content (AvgIpc) is 3.06. The Bertz CT molecular complexity index is 811. The number of nitrogens with one attached hydrogen (secondary N) is 1. The zero-order chi connectivity index (χ0) is 19.6. The van der Waals surface area contributed by atoms with Gasteiger partial charge in [0.25, 0.3) is 0 Å². The molecule has 6 nitrogen and oxygen atoms in total. The summed E-state index contributed by atoms with van der Waals surface area (Å²) in [6, 6.07) is 4.52. The van der Waals surface area contributed by atoms with Crippen LogP contribution in [0.1, 0.15) is 18.3 Å². The van der Waals surface area contributed by atoms with Gasteiger partial charge in [-0.15, -0.1) is 24.0 Å². The first kappa shape index (κ1) is 22.7. The number of hydrogen-bond acceptors (Lipinski definition) is 3. The molecule has 1 fully saturated rings. The van der Waals surface area contributed by atoms with Crippen LogP contribution < -0.4 is 5.32 Å². The molecule has 2 aromatic rings. The van der Waals surface area contributed by atoms with Gasteiger partial charge in [0.15, 0.2) is 5.96 Å². The molecule has 1 atom stereocenters. The van der Waals surface area contributed by atoms with Gasteiger partial charge in [-0.2, -0.15) is 13.2 Å². The van der Waals surface area contributed by atoms with Gasteiger partial charge in [0.1, 0.15) is 11.7 Å². The monoisotopic (exact) mass is 510 g/mol. The fourth-order valence-electron chi connectivity index (χ4n) is 3.31. The van der Waals surface area contributed by atoms with Crippen LogP contribution >= 0.6 is 24.0 Å². The van der Waals surface area contributed by atoms with Crippen molar-refractivity contribution in [2.24, 2.45) is 4.99 Å². The number of aliphatic imine (C=N–C) groups is 1. The summed E-state index contributed by atoms with van der Waals surface area (Å²) in [5.41, 5.74) is 2.87. The number of rotatable bonds is 3. The van der Waals surface area contributed by atoms with Crippen molar-refractivity contribution in [2.75, 3.05) is 33.2 Å². The minimum absolute atomic E-state index is 0. The zero-order valence-corrected chi connectivity index (χ0v) is 18.5. The van der Waals surface area contributed by atoms with Gasteiger partial charge in [-0.3, -0.25) is 9.89 Å². The quantitative estimate of drug-likeness (QED) is 0.392. The number of alkyl halides is 3. The number of aryl methyl sites for hydroxylation is 1. The van der Waals surface area contributed by atoms with E-state index < -0.39 is 12.2 Å². The first-order valence-electron chi connectivity index (χ1n) is 8.99. The molecule has 3 heterocycles. The second kappa shape index (κ2) is 9.29. The first-order valence-corrected chi connectivity index (χ1v) is 8.99. The third-order valence-corrected chi connectivity index (χ3v) is 5.02. The van der Waals surface area contributed by atoms with Gasteiger partial charge in [0.2, 0.25) is 0 Å². The number of imidazole rings is 1. The van der Waals surface area contributed by atoms with E-state index in [9.17, 15) is 13.2 Å². The molecule has 1 saturated heterocycles. The van der Waals surface area contributed by atoms with Crippen LogP contribution in [0, 0.1) is 6.92 Å². The maximum atomic E-state index is 12.9. The van der Waals surface area contributed by atoms with Gasteiger partial charge in [0.05, 0.1) is 12.2 Å². The van der Waals surface area contributed by atoms with E-state index in [-0.39, 0.29) is 24.0 Å². The molecule has 0 spiro atoms. The lowest BCUT2D eigenvalue weighted by molar-refractivity contribution is -0.181. The predicted molar refractivity (Wildman–Crippen MR) is 114 cm³/mol. The van der Waals surface area contributed by atoms with Crippen molar-refractivity contribution in [3.05, 3.63) is 35.8 Å². The highest BCUT2D eigenvalue weighted by molar-refractivity contribution is 14.0. The van der Waals surface area contributed by atoms with Crippen molar-refractivity contribution < 1.29 is 13.2 Å². The average molecular weight is 510 g/mol. The van der Waals surface area contributed by atoms with E-state index >= 15 is 0 Å². The molecule has 10 heteroatoms. The highest BCUT2D eigenvalue weighted by Gasteiger charge is 2.41. The summed E-state index contributed by atoms with van der Waals surface area (Å²) >= 11 is 0. The Labute approximate surface area is 179 Å². The lowest BCUT2D eigenvalue weighted by Crippen LogP contribution is -2.56. The second-order valence-corrected chi connectivity index (χ2v) is 6.77. The topological polar surface area (TPSA) is 48.2 Å². The molecule has 0 amide bonds. The van der Waals surface area contributed by atoms with Crippen LogP contribution in [0.5, 0.6) is 0 Å². The van der Waals surface area contributed by atoms with Crippen LogP contribution in [0.3, 0.4) is 0 Å². The summed E-state index contributed by atoms with van der Waals surface area (Å²) in [5, 5.41) is 3.27. The summed E-state index contributed by atoms with van der Waals surface area (Å²) in [7, 11) is 1.68. The molecule has 2 aromatic heterocycles. The molecule has 0 bridgehead atoms. The van der Waals surface area contributed by atoms with E-state index in [1.54, 1.807) is 7.05 Å². The van der Waals surface area contributed by atoms with Crippen LogP contribution in [0.4, 0.5) is 13.2 Å². The Morgan fingerprint density at radius 3 is 2.50 bits per heavy atom. The van der Waals surface area contributed by atoms with E-state index in [1.807, 2.05) is 40.6 Å². The minimum atomic E-state index is -4.19. The van der Waals surface area contributed by atoms with Crippen LogP contribution in [-0.2, 0) is 6.54 Å². The van der Waals surface area contributed by atoms with Gasteiger partial charge < -0.3 is 14.6 Å². The molecule has 156 valence electrons. The van der Waals surface area contributed by atoms with E-state index in [4.69, 9.17) is 0 Å². The number of fused-ring (bicyclic) bond motifs is 1. The molecule has 3 rings (SSSR count). The number of pyridine rings is 1. The summed E-state index contributed by atoms with van der Waals surface area (Å²) in [4.78, 5) is 12.3. The fraction of sp³-hybridized carbons (Fsp3) is 0.556. The third kappa shape index (κ3) is 5.07. The molecule has 1 aliphatic rings. The van der Waals surface area contributed by atoms with Crippen LogP contribution in [0.25, 0.3) is 5.65 Å². The normalized spacial score (nSPS) is 17.5. The molecule has 28 heavy (non-hydrogen) atoms.